The van der Waals surface area contributed by atoms with E-state index in [1.807, 2.05) is 0 Å². The molecule has 0 spiro atoms. The van der Waals surface area contributed by atoms with Crippen LogP contribution in [0.2, 0.25) is 0 Å². The number of benzene rings is 3. The van der Waals surface area contributed by atoms with Gasteiger partial charge in [0.05, 0.1) is 24.8 Å². The number of amides is 4. The first-order valence-electron chi connectivity index (χ1n) is 14.1. The molecule has 5 aromatic rings. The van der Waals surface area contributed by atoms with E-state index < -0.39 is 11.9 Å². The van der Waals surface area contributed by atoms with Crippen molar-refractivity contribution < 1.29 is 19.1 Å². The molecule has 0 bridgehead atoms. The summed E-state index contributed by atoms with van der Waals surface area (Å²) in [6, 6.07) is 20.1. The summed E-state index contributed by atoms with van der Waals surface area (Å²) in [6.07, 6.45) is 1.67. The maximum absolute atomic E-state index is 12.6. The van der Waals surface area contributed by atoms with Gasteiger partial charge in [0, 0.05) is 54.0 Å². The number of carbonyl (C=O) groups excluding carboxylic acids is 3. The average molecular weight is 607 g/mol. The van der Waals surface area contributed by atoms with Crippen molar-refractivity contribution in [3.8, 4) is 0 Å². The van der Waals surface area contributed by atoms with Crippen LogP contribution in [0.25, 0.3) is 11.0 Å². The van der Waals surface area contributed by atoms with E-state index in [9.17, 15) is 14.4 Å². The van der Waals surface area contributed by atoms with E-state index in [1.54, 1.807) is 95.6 Å². The minimum atomic E-state index is -0.504. The molecule has 0 unspecified atom stereocenters. The molecule has 14 heteroatoms. The zero-order valence-corrected chi connectivity index (χ0v) is 24.3. The van der Waals surface area contributed by atoms with Crippen LogP contribution in [0, 0.1) is 0 Å². The number of hydrogen-bond donors (Lipinski definition) is 5. The van der Waals surface area contributed by atoms with Crippen molar-refractivity contribution in [2.45, 2.75) is 0 Å². The summed E-state index contributed by atoms with van der Waals surface area (Å²) in [6.45, 7) is 2.20. The lowest BCUT2D eigenvalue weighted by molar-refractivity contribution is 0.0303. The largest absolute Gasteiger partial charge is 0.378 e. The molecular formula is C31H30N10O4. The number of fused-ring (bicyclic) bond motifs is 1. The lowest BCUT2D eigenvalue weighted by atomic mass is 10.1. The Morgan fingerprint density at radius 1 is 0.756 bits per heavy atom. The number of hydrogen-bond acceptors (Lipinski definition) is 9. The molecule has 1 fully saturated rings. The Bertz CT molecular complexity index is 1850. The SMILES string of the molecule is Cn1ncc2c(Nc3ccc(C(N)=O)cc3)nc(Nc3ccc(NC(=O)Nc4ccc(C(=O)N5CCOCC5)cc4)cc3)nc21. The van der Waals surface area contributed by atoms with Gasteiger partial charge in [0.15, 0.2) is 5.65 Å². The van der Waals surface area contributed by atoms with Crippen LogP contribution in [0.5, 0.6) is 0 Å². The average Bonchev–Trinajstić information content (AvgIpc) is 3.43. The fourth-order valence-electron chi connectivity index (χ4n) is 4.73. The molecule has 0 saturated carbocycles. The summed E-state index contributed by atoms with van der Waals surface area (Å²) < 4.78 is 6.95. The van der Waals surface area contributed by atoms with Gasteiger partial charge in [-0.05, 0) is 72.8 Å². The van der Waals surface area contributed by atoms with Crippen LogP contribution in [-0.2, 0) is 11.8 Å². The van der Waals surface area contributed by atoms with E-state index >= 15 is 0 Å². The van der Waals surface area contributed by atoms with Crippen LogP contribution in [0.4, 0.5) is 39.3 Å². The summed E-state index contributed by atoms with van der Waals surface area (Å²) in [7, 11) is 1.79. The Kier molecular flexibility index (Phi) is 8.20. The molecular weight excluding hydrogens is 576 g/mol. The van der Waals surface area contributed by atoms with Gasteiger partial charge in [0.2, 0.25) is 11.9 Å². The van der Waals surface area contributed by atoms with Crippen molar-refractivity contribution in [1.29, 1.82) is 0 Å². The Morgan fingerprint density at radius 2 is 1.31 bits per heavy atom. The summed E-state index contributed by atoms with van der Waals surface area (Å²) in [4.78, 5) is 47.6. The quantitative estimate of drug-likeness (QED) is 0.174. The third kappa shape index (κ3) is 6.81. The van der Waals surface area contributed by atoms with E-state index in [2.05, 4.69) is 36.3 Å². The van der Waals surface area contributed by atoms with Gasteiger partial charge in [-0.15, -0.1) is 0 Å². The first kappa shape index (κ1) is 29.1. The van der Waals surface area contributed by atoms with Crippen LogP contribution < -0.4 is 27.0 Å². The van der Waals surface area contributed by atoms with Gasteiger partial charge in [-0.25, -0.2) is 4.79 Å². The first-order chi connectivity index (χ1) is 21.8. The zero-order valence-electron chi connectivity index (χ0n) is 24.3. The molecule has 14 nitrogen and oxygen atoms in total. The summed E-state index contributed by atoms with van der Waals surface area (Å²) in [5.41, 5.74) is 9.44. The molecule has 6 rings (SSSR count). The number of anilines is 6. The number of nitrogens with zero attached hydrogens (tertiary/aromatic N) is 5. The van der Waals surface area contributed by atoms with Crippen LogP contribution in [0.3, 0.4) is 0 Å². The van der Waals surface area contributed by atoms with Crippen LogP contribution in [0.15, 0.2) is 79.0 Å². The number of rotatable bonds is 8. The monoisotopic (exact) mass is 606 g/mol. The number of nitrogens with two attached hydrogens (primary N) is 1. The topological polar surface area (TPSA) is 181 Å². The van der Waals surface area contributed by atoms with Crippen molar-refractivity contribution in [3.05, 3.63) is 90.1 Å². The second-order valence-electron chi connectivity index (χ2n) is 10.2. The smallest absolute Gasteiger partial charge is 0.323 e. The highest BCUT2D eigenvalue weighted by atomic mass is 16.5. The van der Waals surface area contributed by atoms with Crippen molar-refractivity contribution >= 4 is 63.4 Å². The number of carbonyl (C=O) groups is 3. The van der Waals surface area contributed by atoms with E-state index in [4.69, 9.17) is 10.5 Å². The number of aryl methyl sites for hydroxylation is 1. The molecule has 45 heavy (non-hydrogen) atoms. The molecule has 1 aliphatic rings. The van der Waals surface area contributed by atoms with Crippen molar-refractivity contribution in [1.82, 2.24) is 24.6 Å². The van der Waals surface area contributed by atoms with E-state index in [0.29, 0.717) is 83.0 Å². The van der Waals surface area contributed by atoms with Gasteiger partial charge in [-0.2, -0.15) is 15.1 Å². The lowest BCUT2D eigenvalue weighted by Crippen LogP contribution is -2.40. The minimum Gasteiger partial charge on any atom is -0.378 e. The van der Waals surface area contributed by atoms with Gasteiger partial charge < -0.3 is 36.6 Å². The van der Waals surface area contributed by atoms with E-state index in [0.717, 1.165) is 0 Å². The first-order valence-corrected chi connectivity index (χ1v) is 14.1. The van der Waals surface area contributed by atoms with Gasteiger partial charge in [-0.3, -0.25) is 14.3 Å². The normalized spacial score (nSPS) is 12.9. The Balaban J connectivity index is 1.08. The van der Waals surface area contributed by atoms with Gasteiger partial charge in [0.1, 0.15) is 5.82 Å². The number of morpholine rings is 1. The van der Waals surface area contributed by atoms with Gasteiger partial charge >= 0.3 is 6.03 Å². The maximum atomic E-state index is 12.6. The number of nitrogens with one attached hydrogen (secondary N) is 4. The highest BCUT2D eigenvalue weighted by molar-refractivity contribution is 6.00. The fourth-order valence-corrected chi connectivity index (χ4v) is 4.73. The third-order valence-corrected chi connectivity index (χ3v) is 7.11. The molecule has 3 aromatic carbocycles. The highest BCUT2D eigenvalue weighted by Gasteiger charge is 2.18. The Hall–Kier alpha value is -6.02. The molecule has 0 aliphatic carbocycles. The number of primary amides is 1. The Morgan fingerprint density at radius 3 is 1.96 bits per heavy atom. The molecule has 228 valence electrons. The van der Waals surface area contributed by atoms with E-state index in [-0.39, 0.29) is 5.91 Å². The lowest BCUT2D eigenvalue weighted by Gasteiger charge is -2.26. The fraction of sp³-hybridized carbons (Fsp3) is 0.161. The number of aromatic nitrogens is 4. The molecule has 4 amide bonds. The minimum absolute atomic E-state index is 0.0579. The number of ether oxygens (including phenoxy) is 1. The molecule has 6 N–H and O–H groups in total. The molecule has 1 aliphatic heterocycles. The molecule has 0 atom stereocenters. The predicted molar refractivity (Wildman–Crippen MR) is 170 cm³/mol. The molecule has 1 saturated heterocycles. The van der Waals surface area contributed by atoms with Crippen molar-refractivity contribution in [2.75, 3.05) is 47.6 Å². The van der Waals surface area contributed by atoms with Crippen LogP contribution >= 0.6 is 0 Å². The summed E-state index contributed by atoms with van der Waals surface area (Å²) in [5, 5.41) is 17.0. The predicted octanol–water partition coefficient (Wildman–Crippen LogP) is 4.07. The summed E-state index contributed by atoms with van der Waals surface area (Å²) >= 11 is 0. The van der Waals surface area contributed by atoms with Gasteiger partial charge in [0.25, 0.3) is 5.91 Å². The third-order valence-electron chi connectivity index (χ3n) is 7.11. The van der Waals surface area contributed by atoms with Crippen LogP contribution in [-0.4, -0.2) is 68.8 Å². The zero-order chi connectivity index (χ0) is 31.3. The second kappa shape index (κ2) is 12.7. The summed E-state index contributed by atoms with van der Waals surface area (Å²) in [5.74, 6) is 0.292. The van der Waals surface area contributed by atoms with Crippen LogP contribution in [0.1, 0.15) is 20.7 Å². The molecule has 2 aromatic heterocycles. The number of urea groups is 1. The highest BCUT2D eigenvalue weighted by Crippen LogP contribution is 2.27. The molecule has 3 heterocycles. The molecule has 0 radical (unpaired) electrons. The van der Waals surface area contributed by atoms with Crippen molar-refractivity contribution in [3.63, 3.8) is 0 Å². The van der Waals surface area contributed by atoms with Gasteiger partial charge in [-0.1, -0.05) is 0 Å². The standard InChI is InChI=1S/C31H30N10O4/c1-40-28-25(18-33-40)27(34-21-6-2-19(3-7-21)26(32)42)38-30(39-28)35-22-10-12-24(13-11-22)37-31(44)36-23-8-4-20(5-9-23)29(43)41-14-16-45-17-15-41/h2-13,18H,14-17H2,1H3,(H2,32,42)(H2,36,37,44)(H2,34,35,38,39). The Labute approximate surface area is 257 Å². The maximum Gasteiger partial charge on any atom is 0.323 e. The van der Waals surface area contributed by atoms with Crippen molar-refractivity contribution in [2.24, 2.45) is 12.8 Å². The van der Waals surface area contributed by atoms with E-state index in [1.165, 1.54) is 0 Å². The second-order valence-corrected chi connectivity index (χ2v) is 10.2.